The normalized spacial score (nSPS) is 8.36. The zero-order valence-electron chi connectivity index (χ0n) is 6.54. The van der Waals surface area contributed by atoms with Gasteiger partial charge in [-0.3, -0.25) is 5.14 Å². The molecule has 11 heavy (non-hydrogen) atoms. The summed E-state index contributed by atoms with van der Waals surface area (Å²) >= 11 is 4.36. The number of pyridine rings is 1. The number of hydrogen-bond acceptors (Lipinski definition) is 3. The molecule has 0 fully saturated rings. The number of hydrogen-bond donors (Lipinski definition) is 1. The van der Waals surface area contributed by atoms with E-state index < -0.39 is 0 Å². The first-order chi connectivity index (χ1) is 5.33. The van der Waals surface area contributed by atoms with Crippen LogP contribution in [0.2, 0.25) is 0 Å². The van der Waals surface area contributed by atoms with E-state index in [0.29, 0.717) is 0 Å². The lowest BCUT2D eigenvalue weighted by Crippen LogP contribution is -1.83. The van der Waals surface area contributed by atoms with Gasteiger partial charge >= 0.3 is 0 Å². The van der Waals surface area contributed by atoms with Crippen LogP contribution < -0.4 is 5.14 Å². The third-order valence-electron chi connectivity index (χ3n) is 0.810. The average molecular weight is 235 g/mol. The van der Waals surface area contributed by atoms with Gasteiger partial charge in [-0.25, -0.2) is 4.98 Å². The molecule has 4 heteroatoms. The van der Waals surface area contributed by atoms with Gasteiger partial charge < -0.3 is 0 Å². The molecule has 0 aliphatic heterocycles. The van der Waals surface area contributed by atoms with Crippen molar-refractivity contribution in [2.24, 2.45) is 5.14 Å². The maximum absolute atomic E-state index is 5.25. The molecule has 0 atom stereocenters. The SMILES string of the molecule is CC.NSc1cccc(Br)n1. The maximum atomic E-state index is 5.25. The minimum atomic E-state index is 0.818. The molecular formula is C7H11BrN2S. The first-order valence-corrected chi connectivity index (χ1v) is 4.99. The van der Waals surface area contributed by atoms with Gasteiger partial charge in [-0.05, 0) is 40.0 Å². The molecule has 0 aromatic carbocycles. The van der Waals surface area contributed by atoms with E-state index in [1.807, 2.05) is 32.0 Å². The minimum absolute atomic E-state index is 0.818. The molecule has 2 N–H and O–H groups in total. The highest BCUT2D eigenvalue weighted by molar-refractivity contribution is 9.10. The van der Waals surface area contributed by atoms with Crippen LogP contribution in [0.3, 0.4) is 0 Å². The Morgan fingerprint density at radius 3 is 2.45 bits per heavy atom. The van der Waals surface area contributed by atoms with Gasteiger partial charge in [-0.2, -0.15) is 0 Å². The topological polar surface area (TPSA) is 38.9 Å². The molecule has 0 radical (unpaired) electrons. The average Bonchev–Trinajstić information content (AvgIpc) is 2.08. The van der Waals surface area contributed by atoms with E-state index >= 15 is 0 Å². The first kappa shape index (κ1) is 10.9. The molecule has 1 aromatic heterocycles. The summed E-state index contributed by atoms with van der Waals surface area (Å²) in [5.41, 5.74) is 0. The van der Waals surface area contributed by atoms with E-state index in [4.69, 9.17) is 5.14 Å². The Hall–Kier alpha value is -0.0600. The summed E-state index contributed by atoms with van der Waals surface area (Å²) in [5, 5.41) is 6.08. The van der Waals surface area contributed by atoms with Gasteiger partial charge in [0.1, 0.15) is 9.63 Å². The highest BCUT2D eigenvalue weighted by Crippen LogP contribution is 2.11. The first-order valence-electron chi connectivity index (χ1n) is 3.32. The van der Waals surface area contributed by atoms with Crippen molar-refractivity contribution in [3.63, 3.8) is 0 Å². The zero-order chi connectivity index (χ0) is 8.69. The summed E-state index contributed by atoms with van der Waals surface area (Å²) in [7, 11) is 0. The lowest BCUT2D eigenvalue weighted by molar-refractivity contribution is 1.10. The van der Waals surface area contributed by atoms with Gasteiger partial charge in [0.25, 0.3) is 0 Å². The van der Waals surface area contributed by atoms with Crippen molar-refractivity contribution in [2.75, 3.05) is 0 Å². The van der Waals surface area contributed by atoms with Gasteiger partial charge in [0.15, 0.2) is 0 Å². The predicted octanol–water partition coefficient (Wildman–Crippen LogP) is 2.84. The Kier molecular flexibility index (Phi) is 6.60. The third-order valence-corrected chi connectivity index (χ3v) is 1.72. The molecule has 2 nitrogen and oxygen atoms in total. The van der Waals surface area contributed by atoms with Crippen molar-refractivity contribution in [3.05, 3.63) is 22.8 Å². The number of halogens is 1. The molecule has 0 spiro atoms. The van der Waals surface area contributed by atoms with Crippen LogP contribution in [-0.2, 0) is 0 Å². The van der Waals surface area contributed by atoms with E-state index in [1.165, 1.54) is 0 Å². The second-order valence-corrected chi connectivity index (χ2v) is 2.88. The van der Waals surface area contributed by atoms with Crippen molar-refractivity contribution in [3.8, 4) is 0 Å². The van der Waals surface area contributed by atoms with E-state index in [2.05, 4.69) is 20.9 Å². The van der Waals surface area contributed by atoms with Crippen molar-refractivity contribution in [2.45, 2.75) is 18.9 Å². The van der Waals surface area contributed by atoms with E-state index in [0.717, 1.165) is 21.6 Å². The summed E-state index contributed by atoms with van der Waals surface area (Å²) in [6.07, 6.45) is 0. The van der Waals surface area contributed by atoms with Crippen molar-refractivity contribution in [1.82, 2.24) is 4.98 Å². The van der Waals surface area contributed by atoms with Crippen molar-refractivity contribution >= 4 is 27.9 Å². The van der Waals surface area contributed by atoms with Crippen LogP contribution in [0.4, 0.5) is 0 Å². The summed E-state index contributed by atoms with van der Waals surface area (Å²) in [6, 6.07) is 5.61. The zero-order valence-corrected chi connectivity index (χ0v) is 8.95. The molecule has 1 rings (SSSR count). The van der Waals surface area contributed by atoms with Gasteiger partial charge in [-0.15, -0.1) is 0 Å². The van der Waals surface area contributed by atoms with Crippen LogP contribution in [0, 0.1) is 0 Å². The lowest BCUT2D eigenvalue weighted by Gasteiger charge is -1.92. The van der Waals surface area contributed by atoms with Crippen LogP contribution in [0.25, 0.3) is 0 Å². The predicted molar refractivity (Wildman–Crippen MR) is 53.3 cm³/mol. The fourth-order valence-electron chi connectivity index (χ4n) is 0.455. The smallest absolute Gasteiger partial charge is 0.112 e. The second kappa shape index (κ2) is 6.64. The summed E-state index contributed by atoms with van der Waals surface area (Å²) in [5.74, 6) is 0. The highest BCUT2D eigenvalue weighted by Gasteiger charge is 1.90. The van der Waals surface area contributed by atoms with Crippen LogP contribution in [0.15, 0.2) is 27.8 Å². The van der Waals surface area contributed by atoms with Crippen LogP contribution in [-0.4, -0.2) is 4.98 Å². The van der Waals surface area contributed by atoms with E-state index in [1.54, 1.807) is 0 Å². The van der Waals surface area contributed by atoms with Gasteiger partial charge in [0, 0.05) is 0 Å². The molecule has 62 valence electrons. The number of nitrogens with zero attached hydrogens (tertiary/aromatic N) is 1. The monoisotopic (exact) mass is 234 g/mol. The molecule has 1 heterocycles. The Morgan fingerprint density at radius 1 is 1.45 bits per heavy atom. The van der Waals surface area contributed by atoms with Gasteiger partial charge in [0.05, 0.1) is 0 Å². The summed E-state index contributed by atoms with van der Waals surface area (Å²) < 4.78 is 0.818. The number of nitrogens with two attached hydrogens (primary N) is 1. The maximum Gasteiger partial charge on any atom is 0.112 e. The third kappa shape index (κ3) is 4.40. The Morgan fingerprint density at radius 2 is 2.09 bits per heavy atom. The second-order valence-electron chi connectivity index (χ2n) is 1.42. The van der Waals surface area contributed by atoms with E-state index in [-0.39, 0.29) is 0 Å². The fourth-order valence-corrected chi connectivity index (χ4v) is 1.22. The molecule has 0 saturated heterocycles. The molecule has 0 saturated carbocycles. The molecule has 0 unspecified atom stereocenters. The summed E-state index contributed by atoms with van der Waals surface area (Å²) in [4.78, 5) is 4.05. The molecule has 0 aliphatic rings. The fraction of sp³-hybridized carbons (Fsp3) is 0.286. The molecule has 0 aliphatic carbocycles. The van der Waals surface area contributed by atoms with Crippen LogP contribution in [0.1, 0.15) is 13.8 Å². The van der Waals surface area contributed by atoms with Gasteiger partial charge in [0.2, 0.25) is 0 Å². The largest absolute Gasteiger partial charge is 0.272 e. The molecule has 0 amide bonds. The van der Waals surface area contributed by atoms with Crippen molar-refractivity contribution in [1.29, 1.82) is 0 Å². The van der Waals surface area contributed by atoms with Gasteiger partial charge in [-0.1, -0.05) is 19.9 Å². The quantitative estimate of drug-likeness (QED) is 0.600. The van der Waals surface area contributed by atoms with Crippen LogP contribution in [0.5, 0.6) is 0 Å². The Balaban J connectivity index is 0.000000461. The van der Waals surface area contributed by atoms with E-state index in [9.17, 15) is 0 Å². The molecule has 0 bridgehead atoms. The lowest BCUT2D eigenvalue weighted by atomic mass is 10.5. The summed E-state index contributed by atoms with van der Waals surface area (Å²) in [6.45, 7) is 4.00. The Labute approximate surface area is 79.9 Å². The molecule has 1 aromatic rings. The Bertz CT molecular complexity index is 205. The number of rotatable bonds is 1. The highest BCUT2D eigenvalue weighted by atomic mass is 79.9. The van der Waals surface area contributed by atoms with Crippen LogP contribution >= 0.6 is 27.9 Å². The molecular weight excluding hydrogens is 224 g/mol. The minimum Gasteiger partial charge on any atom is -0.272 e. The standard InChI is InChI=1S/C5H5BrN2S.C2H6/c6-4-2-1-3-5(8-4)9-7;1-2/h1-3H,7H2;1-2H3. The number of aromatic nitrogens is 1. The van der Waals surface area contributed by atoms with Crippen molar-refractivity contribution < 1.29 is 0 Å².